The lowest BCUT2D eigenvalue weighted by Crippen LogP contribution is -2.48. The second-order valence-electron chi connectivity index (χ2n) is 9.51. The SMILES string of the molecule is CN(C)c1ccc(C(c2nnnn2C(C)(C)C)N2CCN(c3ccc(F)cc3)CC2)cc1. The summed E-state index contributed by atoms with van der Waals surface area (Å²) in [6.45, 7) is 9.77. The highest BCUT2D eigenvalue weighted by atomic mass is 19.1. The average molecular weight is 438 g/mol. The van der Waals surface area contributed by atoms with E-state index in [-0.39, 0.29) is 17.4 Å². The maximum Gasteiger partial charge on any atom is 0.173 e. The van der Waals surface area contributed by atoms with Crippen LogP contribution in [0.5, 0.6) is 0 Å². The Morgan fingerprint density at radius 2 is 1.53 bits per heavy atom. The molecule has 1 aromatic heterocycles. The first-order chi connectivity index (χ1) is 15.2. The molecule has 0 N–H and O–H groups in total. The maximum absolute atomic E-state index is 13.3. The maximum atomic E-state index is 13.3. The Labute approximate surface area is 189 Å². The first-order valence-corrected chi connectivity index (χ1v) is 11.0. The zero-order chi connectivity index (χ0) is 22.9. The number of hydrogen-bond donors (Lipinski definition) is 0. The quantitative estimate of drug-likeness (QED) is 0.609. The first kappa shape index (κ1) is 22.2. The number of benzene rings is 2. The minimum absolute atomic E-state index is 0.0456. The van der Waals surface area contributed by atoms with E-state index >= 15 is 0 Å². The fourth-order valence-electron chi connectivity index (χ4n) is 4.21. The summed E-state index contributed by atoms with van der Waals surface area (Å²) in [6.07, 6.45) is 0. The van der Waals surface area contributed by atoms with Crippen molar-refractivity contribution in [3.8, 4) is 0 Å². The van der Waals surface area contributed by atoms with Crippen molar-refractivity contribution in [1.82, 2.24) is 25.1 Å². The number of hydrogen-bond acceptors (Lipinski definition) is 6. The Bertz CT molecular complexity index is 1010. The normalized spacial score (nSPS) is 16.2. The van der Waals surface area contributed by atoms with Crippen molar-refractivity contribution < 1.29 is 4.39 Å². The van der Waals surface area contributed by atoms with E-state index < -0.39 is 0 Å². The van der Waals surface area contributed by atoms with Crippen molar-refractivity contribution in [2.45, 2.75) is 32.4 Å². The molecule has 0 amide bonds. The molecule has 0 saturated carbocycles. The standard InChI is InChI=1S/C24H32FN7/c1-24(2,3)32-23(26-27-28-32)22(18-6-10-20(11-7-18)29(4)5)31-16-14-30(15-17-31)21-12-8-19(25)9-13-21/h6-13,22H,14-17H2,1-5H3. The van der Waals surface area contributed by atoms with Crippen LogP contribution in [0.3, 0.4) is 0 Å². The van der Waals surface area contributed by atoms with Gasteiger partial charge in [-0.3, -0.25) is 4.90 Å². The number of aromatic nitrogens is 4. The molecule has 32 heavy (non-hydrogen) atoms. The smallest absolute Gasteiger partial charge is 0.173 e. The van der Waals surface area contributed by atoms with Gasteiger partial charge in [-0.2, -0.15) is 0 Å². The van der Waals surface area contributed by atoms with Gasteiger partial charge in [-0.05, 0) is 73.2 Å². The molecule has 1 fully saturated rings. The van der Waals surface area contributed by atoms with Crippen molar-refractivity contribution in [2.75, 3.05) is 50.1 Å². The summed E-state index contributed by atoms with van der Waals surface area (Å²) in [4.78, 5) is 6.84. The first-order valence-electron chi connectivity index (χ1n) is 11.0. The highest BCUT2D eigenvalue weighted by molar-refractivity contribution is 5.48. The number of halogens is 1. The van der Waals surface area contributed by atoms with Gasteiger partial charge in [0.25, 0.3) is 0 Å². The monoisotopic (exact) mass is 437 g/mol. The van der Waals surface area contributed by atoms with Crippen LogP contribution in [0.25, 0.3) is 0 Å². The third kappa shape index (κ3) is 4.60. The van der Waals surface area contributed by atoms with Crippen molar-refractivity contribution in [3.63, 3.8) is 0 Å². The Balaban J connectivity index is 1.63. The molecule has 0 bridgehead atoms. The van der Waals surface area contributed by atoms with Crippen LogP contribution in [0.2, 0.25) is 0 Å². The van der Waals surface area contributed by atoms with Crippen LogP contribution in [0.4, 0.5) is 15.8 Å². The lowest BCUT2D eigenvalue weighted by molar-refractivity contribution is 0.191. The summed E-state index contributed by atoms with van der Waals surface area (Å²) in [5, 5.41) is 12.8. The van der Waals surface area contributed by atoms with Gasteiger partial charge in [0.1, 0.15) is 5.82 Å². The summed E-state index contributed by atoms with van der Waals surface area (Å²) in [5.41, 5.74) is 3.16. The van der Waals surface area contributed by atoms with E-state index in [0.717, 1.165) is 43.4 Å². The van der Waals surface area contributed by atoms with E-state index in [1.807, 2.05) is 30.9 Å². The molecular formula is C24H32FN7. The van der Waals surface area contributed by atoms with Crippen LogP contribution in [-0.4, -0.2) is 65.4 Å². The molecule has 0 spiro atoms. The van der Waals surface area contributed by atoms with Crippen molar-refractivity contribution in [2.24, 2.45) is 0 Å². The molecule has 1 aliphatic rings. The molecule has 8 heteroatoms. The van der Waals surface area contributed by atoms with Crippen LogP contribution in [0.15, 0.2) is 48.5 Å². The fourth-order valence-corrected chi connectivity index (χ4v) is 4.21. The van der Waals surface area contributed by atoms with E-state index in [4.69, 9.17) is 0 Å². The minimum Gasteiger partial charge on any atom is -0.378 e. The molecular weight excluding hydrogens is 405 g/mol. The summed E-state index contributed by atoms with van der Waals surface area (Å²) < 4.78 is 15.3. The number of piperazine rings is 1. The van der Waals surface area contributed by atoms with Gasteiger partial charge in [-0.1, -0.05) is 12.1 Å². The van der Waals surface area contributed by atoms with Gasteiger partial charge in [0.2, 0.25) is 0 Å². The summed E-state index contributed by atoms with van der Waals surface area (Å²) >= 11 is 0. The van der Waals surface area contributed by atoms with Gasteiger partial charge < -0.3 is 9.80 Å². The van der Waals surface area contributed by atoms with E-state index in [9.17, 15) is 4.39 Å². The zero-order valence-electron chi connectivity index (χ0n) is 19.5. The van der Waals surface area contributed by atoms with Crippen LogP contribution in [0, 0.1) is 5.82 Å². The van der Waals surface area contributed by atoms with E-state index in [1.54, 1.807) is 0 Å². The topological polar surface area (TPSA) is 53.3 Å². The molecule has 7 nitrogen and oxygen atoms in total. The van der Waals surface area contributed by atoms with Gasteiger partial charge in [0, 0.05) is 51.6 Å². The summed E-state index contributed by atoms with van der Waals surface area (Å²) in [5.74, 6) is 0.646. The van der Waals surface area contributed by atoms with E-state index in [1.165, 1.54) is 17.7 Å². The van der Waals surface area contributed by atoms with Crippen LogP contribution in [-0.2, 0) is 5.54 Å². The van der Waals surface area contributed by atoms with Crippen molar-refractivity contribution >= 4 is 11.4 Å². The van der Waals surface area contributed by atoms with E-state index in [2.05, 4.69) is 75.3 Å². The molecule has 170 valence electrons. The minimum atomic E-state index is -0.226. The molecule has 2 aromatic carbocycles. The van der Waals surface area contributed by atoms with Crippen LogP contribution >= 0.6 is 0 Å². The van der Waals surface area contributed by atoms with Gasteiger partial charge in [0.05, 0.1) is 11.6 Å². The van der Waals surface area contributed by atoms with Gasteiger partial charge >= 0.3 is 0 Å². The number of tetrazole rings is 1. The molecule has 1 atom stereocenters. The Morgan fingerprint density at radius 1 is 0.906 bits per heavy atom. The molecule has 1 unspecified atom stereocenters. The summed E-state index contributed by atoms with van der Waals surface area (Å²) in [6, 6.07) is 15.3. The van der Waals surface area contributed by atoms with Gasteiger partial charge in [-0.15, -0.1) is 5.10 Å². The predicted octanol–water partition coefficient (Wildman–Crippen LogP) is 3.54. The Kier molecular flexibility index (Phi) is 6.15. The number of rotatable bonds is 5. The van der Waals surface area contributed by atoms with Crippen LogP contribution in [0.1, 0.15) is 38.2 Å². The van der Waals surface area contributed by atoms with E-state index in [0.29, 0.717) is 0 Å². The number of anilines is 2. The van der Waals surface area contributed by atoms with Crippen molar-refractivity contribution in [3.05, 3.63) is 65.7 Å². The van der Waals surface area contributed by atoms with Crippen molar-refractivity contribution in [1.29, 1.82) is 0 Å². The summed E-state index contributed by atoms with van der Waals surface area (Å²) in [7, 11) is 4.09. The molecule has 3 aromatic rings. The molecule has 1 saturated heterocycles. The molecule has 0 aliphatic carbocycles. The second kappa shape index (κ2) is 8.86. The largest absolute Gasteiger partial charge is 0.378 e. The third-order valence-corrected chi connectivity index (χ3v) is 5.97. The Morgan fingerprint density at radius 3 is 2.09 bits per heavy atom. The zero-order valence-corrected chi connectivity index (χ0v) is 19.5. The highest BCUT2D eigenvalue weighted by Crippen LogP contribution is 2.32. The van der Waals surface area contributed by atoms with Gasteiger partial charge in [0.15, 0.2) is 5.82 Å². The Hall–Kier alpha value is -3.00. The average Bonchev–Trinajstić information content (AvgIpc) is 3.25. The highest BCUT2D eigenvalue weighted by Gasteiger charge is 2.33. The van der Waals surface area contributed by atoms with Gasteiger partial charge in [-0.25, -0.2) is 9.07 Å². The lowest BCUT2D eigenvalue weighted by Gasteiger charge is -2.40. The molecule has 0 radical (unpaired) electrons. The molecule has 4 rings (SSSR count). The second-order valence-corrected chi connectivity index (χ2v) is 9.51. The van der Waals surface area contributed by atoms with Crippen LogP contribution < -0.4 is 9.80 Å². The third-order valence-electron chi connectivity index (χ3n) is 5.97. The predicted molar refractivity (Wildman–Crippen MR) is 126 cm³/mol. The lowest BCUT2D eigenvalue weighted by atomic mass is 10.0. The number of nitrogens with zero attached hydrogens (tertiary/aromatic N) is 7. The molecule has 2 heterocycles. The fraction of sp³-hybridized carbons (Fsp3) is 0.458. The molecule has 1 aliphatic heterocycles.